The molecule has 1 heterocycles. The third-order valence-electron chi connectivity index (χ3n) is 2.79. The van der Waals surface area contributed by atoms with Gasteiger partial charge in [0.2, 0.25) is 0 Å². The summed E-state index contributed by atoms with van der Waals surface area (Å²) < 4.78 is 39.3. The van der Waals surface area contributed by atoms with Crippen molar-refractivity contribution in [3.05, 3.63) is 53.3 Å². The van der Waals surface area contributed by atoms with Crippen LogP contribution in [-0.4, -0.2) is 11.0 Å². The number of nitrogens with two attached hydrogens (primary N) is 1. The number of benzene rings is 1. The second-order valence-electron chi connectivity index (χ2n) is 4.56. The van der Waals surface area contributed by atoms with Gasteiger partial charge in [0.15, 0.2) is 23.3 Å². The van der Waals surface area contributed by atoms with Gasteiger partial charge < -0.3 is 11.1 Å². The average Bonchev–Trinajstić information content (AvgIpc) is 2.39. The number of rotatable bonds is 4. The van der Waals surface area contributed by atoms with Gasteiger partial charge >= 0.3 is 0 Å². The molecule has 0 aliphatic carbocycles. The second kappa shape index (κ2) is 5.81. The maximum Gasteiger partial charge on any atom is 0.168 e. The molecule has 2 aromatic rings. The number of halogens is 3. The van der Waals surface area contributed by atoms with Gasteiger partial charge in [-0.2, -0.15) is 0 Å². The monoisotopic (exact) mass is 281 g/mol. The van der Waals surface area contributed by atoms with Crippen LogP contribution in [0, 0.1) is 17.5 Å². The Labute approximate surface area is 114 Å². The highest BCUT2D eigenvalue weighted by molar-refractivity contribution is 5.45. The van der Waals surface area contributed by atoms with E-state index in [1.807, 2.05) is 6.92 Å². The Bertz CT molecular complexity index is 599. The Hall–Kier alpha value is -2.24. The Morgan fingerprint density at radius 1 is 1.15 bits per heavy atom. The number of nitrogens with one attached hydrogen (secondary N) is 1. The molecule has 3 nitrogen and oxygen atoms in total. The van der Waals surface area contributed by atoms with E-state index >= 15 is 0 Å². The number of aromatic nitrogens is 1. The fourth-order valence-electron chi connectivity index (χ4n) is 1.84. The number of nitrogen functional groups attached to an aromatic ring is 1. The van der Waals surface area contributed by atoms with Gasteiger partial charge in [-0.15, -0.1) is 0 Å². The maximum atomic E-state index is 13.5. The number of hydrogen-bond donors (Lipinski definition) is 2. The lowest BCUT2D eigenvalue weighted by Crippen LogP contribution is -2.20. The zero-order valence-corrected chi connectivity index (χ0v) is 10.8. The molecular formula is C14H14F3N3. The molecule has 0 saturated carbocycles. The maximum absolute atomic E-state index is 13.5. The van der Waals surface area contributed by atoms with Crippen molar-refractivity contribution in [2.24, 2.45) is 0 Å². The first kappa shape index (κ1) is 14.2. The van der Waals surface area contributed by atoms with Crippen LogP contribution >= 0.6 is 0 Å². The largest absolute Gasteiger partial charge is 0.381 e. The number of anilines is 2. The molecule has 2 rings (SSSR count). The SMILES string of the molecule is CC(Cc1ccc(F)cc1)Nc1nc(N)c(F)cc1F. The predicted molar refractivity (Wildman–Crippen MR) is 71.8 cm³/mol. The van der Waals surface area contributed by atoms with E-state index < -0.39 is 11.6 Å². The van der Waals surface area contributed by atoms with Crippen LogP contribution in [0.5, 0.6) is 0 Å². The zero-order valence-electron chi connectivity index (χ0n) is 10.8. The summed E-state index contributed by atoms with van der Waals surface area (Å²) in [5, 5.41) is 2.81. The smallest absolute Gasteiger partial charge is 0.168 e. The topological polar surface area (TPSA) is 50.9 Å². The fraction of sp³-hybridized carbons (Fsp3) is 0.214. The van der Waals surface area contributed by atoms with Crippen molar-refractivity contribution in [1.82, 2.24) is 4.98 Å². The molecule has 20 heavy (non-hydrogen) atoms. The predicted octanol–water partition coefficient (Wildman–Crippen LogP) is 3.12. The number of hydrogen-bond acceptors (Lipinski definition) is 3. The number of nitrogens with zero attached hydrogens (tertiary/aromatic N) is 1. The van der Waals surface area contributed by atoms with Crippen LogP contribution in [0.25, 0.3) is 0 Å². The molecule has 1 aromatic heterocycles. The van der Waals surface area contributed by atoms with Gasteiger partial charge in [0.1, 0.15) is 5.82 Å². The van der Waals surface area contributed by atoms with Crippen molar-refractivity contribution in [1.29, 1.82) is 0 Å². The summed E-state index contributed by atoms with van der Waals surface area (Å²) in [6, 6.07) is 6.53. The lowest BCUT2D eigenvalue weighted by atomic mass is 10.1. The van der Waals surface area contributed by atoms with E-state index in [0.29, 0.717) is 12.5 Å². The van der Waals surface area contributed by atoms with Crippen molar-refractivity contribution in [3.63, 3.8) is 0 Å². The Morgan fingerprint density at radius 2 is 1.80 bits per heavy atom. The van der Waals surface area contributed by atoms with Crippen molar-refractivity contribution in [3.8, 4) is 0 Å². The van der Waals surface area contributed by atoms with E-state index in [9.17, 15) is 13.2 Å². The molecule has 0 amide bonds. The molecule has 0 aliphatic heterocycles. The van der Waals surface area contributed by atoms with Crippen molar-refractivity contribution in [2.45, 2.75) is 19.4 Å². The summed E-state index contributed by atoms with van der Waals surface area (Å²) in [5.41, 5.74) is 6.19. The molecule has 0 bridgehead atoms. The minimum Gasteiger partial charge on any atom is -0.381 e. The minimum absolute atomic E-state index is 0.0986. The lowest BCUT2D eigenvalue weighted by molar-refractivity contribution is 0.577. The first-order valence-corrected chi connectivity index (χ1v) is 6.08. The third-order valence-corrected chi connectivity index (χ3v) is 2.79. The van der Waals surface area contributed by atoms with Gasteiger partial charge in [-0.3, -0.25) is 0 Å². The quantitative estimate of drug-likeness (QED) is 0.905. The minimum atomic E-state index is -0.890. The normalized spacial score (nSPS) is 12.2. The molecular weight excluding hydrogens is 267 g/mol. The van der Waals surface area contributed by atoms with Gasteiger partial charge in [0.25, 0.3) is 0 Å². The zero-order chi connectivity index (χ0) is 14.7. The average molecular weight is 281 g/mol. The van der Waals surface area contributed by atoms with Gasteiger partial charge in [0, 0.05) is 12.1 Å². The van der Waals surface area contributed by atoms with Crippen molar-refractivity contribution in [2.75, 3.05) is 11.1 Å². The Balaban J connectivity index is 2.06. The van der Waals surface area contributed by atoms with Crippen LogP contribution in [0.1, 0.15) is 12.5 Å². The third kappa shape index (κ3) is 3.40. The van der Waals surface area contributed by atoms with Gasteiger partial charge in [-0.25, -0.2) is 18.2 Å². The van der Waals surface area contributed by atoms with Crippen LogP contribution in [0.2, 0.25) is 0 Å². The van der Waals surface area contributed by atoms with E-state index in [2.05, 4.69) is 10.3 Å². The standard InChI is InChI=1S/C14H14F3N3/c1-8(6-9-2-4-10(15)5-3-9)19-14-12(17)7-11(16)13(18)20-14/h2-5,7-8H,6H2,1H3,(H3,18,19,20). The highest BCUT2D eigenvalue weighted by atomic mass is 19.1. The molecule has 0 saturated heterocycles. The van der Waals surface area contributed by atoms with Gasteiger partial charge in [0.05, 0.1) is 0 Å². The highest BCUT2D eigenvalue weighted by Gasteiger charge is 2.12. The first-order valence-electron chi connectivity index (χ1n) is 6.08. The summed E-state index contributed by atoms with van der Waals surface area (Å²) in [6.07, 6.45) is 0.540. The first-order chi connectivity index (χ1) is 9.45. The van der Waals surface area contributed by atoms with E-state index in [1.54, 1.807) is 12.1 Å². The molecule has 1 atom stereocenters. The highest BCUT2D eigenvalue weighted by Crippen LogP contribution is 2.18. The molecule has 1 unspecified atom stereocenters. The summed E-state index contributed by atoms with van der Waals surface area (Å²) in [4.78, 5) is 3.62. The van der Waals surface area contributed by atoms with E-state index in [4.69, 9.17) is 5.73 Å². The Morgan fingerprint density at radius 3 is 2.45 bits per heavy atom. The summed E-state index contributed by atoms with van der Waals surface area (Å²) >= 11 is 0. The summed E-state index contributed by atoms with van der Waals surface area (Å²) in [6.45, 7) is 1.81. The number of pyridine rings is 1. The molecule has 6 heteroatoms. The molecule has 1 aromatic carbocycles. The van der Waals surface area contributed by atoms with Crippen LogP contribution in [0.4, 0.5) is 24.8 Å². The second-order valence-corrected chi connectivity index (χ2v) is 4.56. The van der Waals surface area contributed by atoms with Gasteiger partial charge in [-0.05, 0) is 31.0 Å². The van der Waals surface area contributed by atoms with Gasteiger partial charge in [-0.1, -0.05) is 12.1 Å². The van der Waals surface area contributed by atoms with E-state index in [-0.39, 0.29) is 23.5 Å². The molecule has 0 spiro atoms. The molecule has 0 aliphatic rings. The molecule has 0 fully saturated rings. The van der Waals surface area contributed by atoms with Crippen molar-refractivity contribution >= 4 is 11.6 Å². The summed E-state index contributed by atoms with van der Waals surface area (Å²) in [5.74, 6) is -2.46. The molecule has 3 N–H and O–H groups in total. The fourth-order valence-corrected chi connectivity index (χ4v) is 1.84. The van der Waals surface area contributed by atoms with Crippen molar-refractivity contribution < 1.29 is 13.2 Å². The Kier molecular flexibility index (Phi) is 4.12. The molecule has 106 valence electrons. The van der Waals surface area contributed by atoms with Crippen LogP contribution in [0.15, 0.2) is 30.3 Å². The van der Waals surface area contributed by atoms with E-state index in [1.165, 1.54) is 12.1 Å². The van der Waals surface area contributed by atoms with Crippen LogP contribution < -0.4 is 11.1 Å². The lowest BCUT2D eigenvalue weighted by Gasteiger charge is -2.15. The van der Waals surface area contributed by atoms with Crippen LogP contribution in [0.3, 0.4) is 0 Å². The molecule has 0 radical (unpaired) electrons. The summed E-state index contributed by atoms with van der Waals surface area (Å²) in [7, 11) is 0. The van der Waals surface area contributed by atoms with Crippen LogP contribution in [-0.2, 0) is 6.42 Å². The van der Waals surface area contributed by atoms with E-state index in [0.717, 1.165) is 5.56 Å².